The lowest BCUT2D eigenvalue weighted by molar-refractivity contribution is -0.119. The largest absolute Gasteiger partial charge is 0.368 e. The minimum Gasteiger partial charge on any atom is -0.368 e. The summed E-state index contributed by atoms with van der Waals surface area (Å²) in [4.78, 5) is 24.1. The van der Waals surface area contributed by atoms with Crippen LogP contribution < -0.4 is 16.4 Å². The maximum absolute atomic E-state index is 12.4. The number of nitrogens with two attached hydrogens (primary N) is 1. The molecular weight excluding hydrogens is 314 g/mol. The molecule has 1 unspecified atom stereocenters. The molecule has 2 aromatic carbocycles. The van der Waals surface area contributed by atoms with Crippen LogP contribution >= 0.6 is 0 Å². The molecule has 1 atom stereocenters. The van der Waals surface area contributed by atoms with Gasteiger partial charge in [0.2, 0.25) is 5.91 Å². The highest BCUT2D eigenvalue weighted by atomic mass is 16.2. The molecule has 0 fully saturated rings. The van der Waals surface area contributed by atoms with Crippen LogP contribution in [0.1, 0.15) is 36.5 Å². The number of primary amides is 1. The summed E-state index contributed by atoms with van der Waals surface area (Å²) in [6.45, 7) is 6.08. The van der Waals surface area contributed by atoms with E-state index >= 15 is 0 Å². The second-order valence-corrected chi connectivity index (χ2v) is 6.44. The van der Waals surface area contributed by atoms with Gasteiger partial charge in [-0.15, -0.1) is 0 Å². The number of urea groups is 1. The molecule has 0 radical (unpaired) electrons. The molecule has 2 aromatic rings. The van der Waals surface area contributed by atoms with Crippen molar-refractivity contribution < 1.29 is 9.59 Å². The average Bonchev–Trinajstić information content (AvgIpc) is 2.56. The Morgan fingerprint density at radius 2 is 1.72 bits per heavy atom. The molecule has 2 rings (SSSR count). The molecule has 132 valence electrons. The third kappa shape index (κ3) is 5.08. The van der Waals surface area contributed by atoms with Crippen molar-refractivity contribution in [1.82, 2.24) is 5.32 Å². The SMILES string of the molecule is Cc1cccc(C(C)C)c1NC(=O)NC(Cc1ccccc1)C(N)=O. The Labute approximate surface area is 148 Å². The topological polar surface area (TPSA) is 84.2 Å². The minimum atomic E-state index is -0.770. The van der Waals surface area contributed by atoms with Crippen molar-refractivity contribution in [2.45, 2.75) is 39.2 Å². The summed E-state index contributed by atoms with van der Waals surface area (Å²) in [5, 5.41) is 5.56. The van der Waals surface area contributed by atoms with Gasteiger partial charge in [-0.2, -0.15) is 0 Å². The first-order chi connectivity index (χ1) is 11.9. The van der Waals surface area contributed by atoms with Crippen LogP contribution in [0.4, 0.5) is 10.5 Å². The average molecular weight is 339 g/mol. The van der Waals surface area contributed by atoms with Crippen LogP contribution in [0.15, 0.2) is 48.5 Å². The summed E-state index contributed by atoms with van der Waals surface area (Å²) < 4.78 is 0. The number of rotatable bonds is 6. The Bertz CT molecular complexity index is 742. The zero-order valence-electron chi connectivity index (χ0n) is 14.9. The van der Waals surface area contributed by atoms with E-state index in [0.717, 1.165) is 22.4 Å². The van der Waals surface area contributed by atoms with E-state index in [2.05, 4.69) is 24.5 Å². The van der Waals surface area contributed by atoms with Gasteiger partial charge >= 0.3 is 6.03 Å². The fraction of sp³-hybridized carbons (Fsp3) is 0.300. The highest BCUT2D eigenvalue weighted by Gasteiger charge is 2.20. The van der Waals surface area contributed by atoms with Gasteiger partial charge in [-0.05, 0) is 29.5 Å². The molecule has 25 heavy (non-hydrogen) atoms. The molecule has 0 spiro atoms. The molecule has 4 N–H and O–H groups in total. The van der Waals surface area contributed by atoms with Crippen molar-refractivity contribution >= 4 is 17.6 Å². The third-order valence-corrected chi connectivity index (χ3v) is 4.10. The summed E-state index contributed by atoms with van der Waals surface area (Å²) in [6.07, 6.45) is 0.356. The number of hydrogen-bond acceptors (Lipinski definition) is 2. The summed E-state index contributed by atoms with van der Waals surface area (Å²) in [6, 6.07) is 14.2. The number of anilines is 1. The quantitative estimate of drug-likeness (QED) is 0.754. The van der Waals surface area contributed by atoms with Crippen LogP contribution in [0.3, 0.4) is 0 Å². The van der Waals surface area contributed by atoms with Crippen molar-refractivity contribution in [3.8, 4) is 0 Å². The molecule has 0 aromatic heterocycles. The van der Waals surface area contributed by atoms with Crippen LogP contribution in [0.5, 0.6) is 0 Å². The van der Waals surface area contributed by atoms with E-state index in [4.69, 9.17) is 5.73 Å². The number of amides is 3. The monoisotopic (exact) mass is 339 g/mol. The predicted octanol–water partition coefficient (Wildman–Crippen LogP) is 3.34. The lowest BCUT2D eigenvalue weighted by Crippen LogP contribution is -2.47. The van der Waals surface area contributed by atoms with Gasteiger partial charge in [0, 0.05) is 12.1 Å². The Balaban J connectivity index is 2.11. The van der Waals surface area contributed by atoms with Crippen LogP contribution in [0, 0.1) is 6.92 Å². The minimum absolute atomic E-state index is 0.270. The van der Waals surface area contributed by atoms with Crippen molar-refractivity contribution in [2.24, 2.45) is 5.73 Å². The molecule has 5 heteroatoms. The Hall–Kier alpha value is -2.82. The van der Waals surface area contributed by atoms with Gasteiger partial charge < -0.3 is 16.4 Å². The van der Waals surface area contributed by atoms with Gasteiger partial charge in [0.1, 0.15) is 6.04 Å². The highest BCUT2D eigenvalue weighted by Crippen LogP contribution is 2.27. The number of hydrogen-bond donors (Lipinski definition) is 3. The van der Waals surface area contributed by atoms with Gasteiger partial charge in [-0.3, -0.25) is 4.79 Å². The second kappa shape index (κ2) is 8.33. The highest BCUT2D eigenvalue weighted by molar-refractivity contribution is 5.94. The fourth-order valence-electron chi connectivity index (χ4n) is 2.72. The van der Waals surface area contributed by atoms with Crippen LogP contribution in [-0.2, 0) is 11.2 Å². The predicted molar refractivity (Wildman–Crippen MR) is 101 cm³/mol. The molecule has 5 nitrogen and oxygen atoms in total. The number of aryl methyl sites for hydroxylation is 1. The van der Waals surface area contributed by atoms with E-state index in [0.29, 0.717) is 6.42 Å². The molecule has 3 amide bonds. The van der Waals surface area contributed by atoms with Gasteiger partial charge in [0.25, 0.3) is 0 Å². The fourth-order valence-corrected chi connectivity index (χ4v) is 2.72. The number of benzene rings is 2. The molecule has 0 aliphatic carbocycles. The number of carbonyl (C=O) groups is 2. The Morgan fingerprint density at radius 3 is 2.32 bits per heavy atom. The Morgan fingerprint density at radius 1 is 1.04 bits per heavy atom. The standard InChI is InChI=1S/C20H25N3O2/c1-13(2)16-11-7-8-14(3)18(16)23-20(25)22-17(19(21)24)12-15-9-5-4-6-10-15/h4-11,13,17H,12H2,1-3H3,(H2,21,24)(H2,22,23,25). The van der Waals surface area contributed by atoms with Gasteiger partial charge in [-0.1, -0.05) is 62.4 Å². The van der Waals surface area contributed by atoms with Crippen LogP contribution in [0.2, 0.25) is 0 Å². The first-order valence-electron chi connectivity index (χ1n) is 8.38. The van der Waals surface area contributed by atoms with Gasteiger partial charge in [0.05, 0.1) is 0 Å². The molecular formula is C20H25N3O2. The van der Waals surface area contributed by atoms with E-state index in [9.17, 15) is 9.59 Å². The number of carbonyl (C=O) groups excluding carboxylic acids is 2. The first-order valence-corrected chi connectivity index (χ1v) is 8.38. The third-order valence-electron chi connectivity index (χ3n) is 4.10. The van der Waals surface area contributed by atoms with Crippen molar-refractivity contribution in [1.29, 1.82) is 0 Å². The zero-order chi connectivity index (χ0) is 18.4. The maximum atomic E-state index is 12.4. The molecule has 0 aliphatic rings. The zero-order valence-corrected chi connectivity index (χ0v) is 14.9. The summed E-state index contributed by atoms with van der Waals surface area (Å²) in [5.41, 5.74) is 9.19. The lowest BCUT2D eigenvalue weighted by Gasteiger charge is -2.19. The molecule has 0 saturated heterocycles. The van der Waals surface area contributed by atoms with Crippen molar-refractivity contribution in [2.75, 3.05) is 5.32 Å². The number of para-hydroxylation sites is 1. The lowest BCUT2D eigenvalue weighted by atomic mass is 9.98. The van der Waals surface area contributed by atoms with E-state index < -0.39 is 18.0 Å². The van der Waals surface area contributed by atoms with Crippen molar-refractivity contribution in [3.63, 3.8) is 0 Å². The van der Waals surface area contributed by atoms with Gasteiger partial charge in [-0.25, -0.2) is 4.79 Å². The second-order valence-electron chi connectivity index (χ2n) is 6.44. The first kappa shape index (κ1) is 18.5. The normalized spacial score (nSPS) is 11.8. The molecule has 0 saturated carbocycles. The van der Waals surface area contributed by atoms with E-state index in [1.165, 1.54) is 0 Å². The summed E-state index contributed by atoms with van der Waals surface area (Å²) in [5.74, 6) is -0.292. The maximum Gasteiger partial charge on any atom is 0.319 e. The number of nitrogens with one attached hydrogen (secondary N) is 2. The van der Waals surface area contributed by atoms with Crippen molar-refractivity contribution in [3.05, 3.63) is 65.2 Å². The molecule has 0 aliphatic heterocycles. The van der Waals surface area contributed by atoms with E-state index in [-0.39, 0.29) is 5.92 Å². The molecule has 0 bridgehead atoms. The van der Waals surface area contributed by atoms with Crippen LogP contribution in [0.25, 0.3) is 0 Å². The van der Waals surface area contributed by atoms with E-state index in [1.807, 2.05) is 55.5 Å². The van der Waals surface area contributed by atoms with Gasteiger partial charge in [0.15, 0.2) is 0 Å². The van der Waals surface area contributed by atoms with Crippen LogP contribution in [-0.4, -0.2) is 18.0 Å². The smallest absolute Gasteiger partial charge is 0.319 e. The molecule has 0 heterocycles. The summed E-state index contributed by atoms with van der Waals surface area (Å²) >= 11 is 0. The summed E-state index contributed by atoms with van der Waals surface area (Å²) in [7, 11) is 0. The van der Waals surface area contributed by atoms with E-state index in [1.54, 1.807) is 0 Å². The Kier molecular flexibility index (Phi) is 6.17.